The molecule has 1 heterocycles. The smallest absolute Gasteiger partial charge is 0.243 e. The Morgan fingerprint density at radius 2 is 2.00 bits per heavy atom. The lowest BCUT2D eigenvalue weighted by atomic mass is 10.1. The SMILES string of the molecule is Cc1noc(C(C)N(C)CCc2ccccc2)n1. The number of hydrogen-bond acceptors (Lipinski definition) is 4. The van der Waals surface area contributed by atoms with Gasteiger partial charge in [0.15, 0.2) is 5.82 Å². The Kier molecular flexibility index (Phi) is 4.10. The first-order chi connectivity index (χ1) is 8.66. The summed E-state index contributed by atoms with van der Waals surface area (Å²) in [5.74, 6) is 1.37. The van der Waals surface area contributed by atoms with Gasteiger partial charge in [0.25, 0.3) is 0 Å². The van der Waals surface area contributed by atoms with Gasteiger partial charge in [-0.2, -0.15) is 4.98 Å². The van der Waals surface area contributed by atoms with Gasteiger partial charge in [0.05, 0.1) is 6.04 Å². The molecule has 0 bridgehead atoms. The van der Waals surface area contributed by atoms with E-state index >= 15 is 0 Å². The molecule has 96 valence electrons. The zero-order valence-corrected chi connectivity index (χ0v) is 11.1. The quantitative estimate of drug-likeness (QED) is 0.812. The summed E-state index contributed by atoms with van der Waals surface area (Å²) < 4.78 is 5.20. The van der Waals surface area contributed by atoms with E-state index in [2.05, 4.69) is 53.3 Å². The second-order valence-electron chi connectivity index (χ2n) is 4.57. The van der Waals surface area contributed by atoms with E-state index in [9.17, 15) is 0 Å². The number of likely N-dealkylation sites (N-methyl/N-ethyl adjacent to an activating group) is 1. The monoisotopic (exact) mass is 245 g/mol. The molecule has 1 unspecified atom stereocenters. The Morgan fingerprint density at radius 1 is 1.28 bits per heavy atom. The fourth-order valence-corrected chi connectivity index (χ4v) is 1.82. The molecule has 0 radical (unpaired) electrons. The van der Waals surface area contributed by atoms with Crippen molar-refractivity contribution in [1.29, 1.82) is 0 Å². The van der Waals surface area contributed by atoms with Crippen LogP contribution in [-0.2, 0) is 6.42 Å². The zero-order valence-electron chi connectivity index (χ0n) is 11.1. The molecule has 0 aliphatic heterocycles. The van der Waals surface area contributed by atoms with Crippen molar-refractivity contribution in [2.24, 2.45) is 0 Å². The van der Waals surface area contributed by atoms with Gasteiger partial charge in [-0.1, -0.05) is 35.5 Å². The molecule has 4 heteroatoms. The highest BCUT2D eigenvalue weighted by Gasteiger charge is 2.17. The number of hydrogen-bond donors (Lipinski definition) is 0. The zero-order chi connectivity index (χ0) is 13.0. The minimum absolute atomic E-state index is 0.148. The molecule has 0 saturated heterocycles. The maximum atomic E-state index is 5.20. The minimum atomic E-state index is 0.148. The summed E-state index contributed by atoms with van der Waals surface area (Å²) in [6.45, 7) is 4.88. The second kappa shape index (κ2) is 5.78. The van der Waals surface area contributed by atoms with Crippen LogP contribution < -0.4 is 0 Å². The highest BCUT2D eigenvalue weighted by atomic mass is 16.5. The van der Waals surface area contributed by atoms with Crippen molar-refractivity contribution in [2.75, 3.05) is 13.6 Å². The molecule has 18 heavy (non-hydrogen) atoms. The summed E-state index contributed by atoms with van der Waals surface area (Å²) in [6, 6.07) is 10.6. The van der Waals surface area contributed by atoms with Gasteiger partial charge < -0.3 is 4.52 Å². The molecule has 0 aliphatic rings. The van der Waals surface area contributed by atoms with Crippen molar-refractivity contribution in [3.8, 4) is 0 Å². The molecule has 1 atom stereocenters. The van der Waals surface area contributed by atoms with Crippen LogP contribution in [0.25, 0.3) is 0 Å². The van der Waals surface area contributed by atoms with Crippen molar-refractivity contribution < 1.29 is 4.52 Å². The largest absolute Gasteiger partial charge is 0.338 e. The highest BCUT2D eigenvalue weighted by Crippen LogP contribution is 2.16. The molecule has 1 aromatic carbocycles. The average Bonchev–Trinajstić information content (AvgIpc) is 2.83. The van der Waals surface area contributed by atoms with Gasteiger partial charge >= 0.3 is 0 Å². The fraction of sp³-hybridized carbons (Fsp3) is 0.429. The third kappa shape index (κ3) is 3.17. The van der Waals surface area contributed by atoms with E-state index in [4.69, 9.17) is 4.52 Å². The summed E-state index contributed by atoms with van der Waals surface area (Å²) in [6.07, 6.45) is 1.02. The van der Waals surface area contributed by atoms with Gasteiger partial charge in [0, 0.05) is 6.54 Å². The summed E-state index contributed by atoms with van der Waals surface area (Å²) >= 11 is 0. The molecule has 2 rings (SSSR count). The second-order valence-corrected chi connectivity index (χ2v) is 4.57. The first-order valence-electron chi connectivity index (χ1n) is 6.21. The van der Waals surface area contributed by atoms with Crippen molar-refractivity contribution in [2.45, 2.75) is 26.3 Å². The maximum absolute atomic E-state index is 5.20. The molecular weight excluding hydrogens is 226 g/mol. The Balaban J connectivity index is 1.90. The Bertz CT molecular complexity index is 481. The Morgan fingerprint density at radius 3 is 2.61 bits per heavy atom. The number of nitrogens with zero attached hydrogens (tertiary/aromatic N) is 3. The van der Waals surface area contributed by atoms with Crippen molar-refractivity contribution in [1.82, 2.24) is 15.0 Å². The summed E-state index contributed by atoms with van der Waals surface area (Å²) in [5, 5.41) is 3.83. The Labute approximate surface area is 108 Å². The van der Waals surface area contributed by atoms with Crippen molar-refractivity contribution in [3.05, 3.63) is 47.6 Å². The molecule has 0 amide bonds. The van der Waals surface area contributed by atoms with Crippen LogP contribution in [-0.4, -0.2) is 28.6 Å². The van der Waals surface area contributed by atoms with Crippen LogP contribution >= 0.6 is 0 Å². The third-order valence-electron chi connectivity index (χ3n) is 3.16. The van der Waals surface area contributed by atoms with Gasteiger partial charge in [-0.3, -0.25) is 4.90 Å². The van der Waals surface area contributed by atoms with E-state index in [1.54, 1.807) is 0 Å². The van der Waals surface area contributed by atoms with Crippen LogP contribution in [0.5, 0.6) is 0 Å². The molecule has 0 aliphatic carbocycles. The topological polar surface area (TPSA) is 42.2 Å². The van der Waals surface area contributed by atoms with Crippen LogP contribution in [0.4, 0.5) is 0 Å². The van der Waals surface area contributed by atoms with Gasteiger partial charge in [-0.05, 0) is 32.9 Å². The lowest BCUT2D eigenvalue weighted by molar-refractivity contribution is 0.211. The first kappa shape index (κ1) is 12.8. The molecule has 0 spiro atoms. The molecule has 4 nitrogen and oxygen atoms in total. The Hall–Kier alpha value is -1.68. The number of aromatic nitrogens is 2. The molecule has 1 aromatic heterocycles. The highest BCUT2D eigenvalue weighted by molar-refractivity contribution is 5.14. The predicted octanol–water partition coefficient (Wildman–Crippen LogP) is 2.61. The summed E-state index contributed by atoms with van der Waals surface area (Å²) in [5.41, 5.74) is 1.35. The van der Waals surface area contributed by atoms with E-state index in [0.29, 0.717) is 11.7 Å². The number of rotatable bonds is 5. The fourth-order valence-electron chi connectivity index (χ4n) is 1.82. The van der Waals surface area contributed by atoms with E-state index < -0.39 is 0 Å². The van der Waals surface area contributed by atoms with Gasteiger partial charge in [0.2, 0.25) is 5.89 Å². The van der Waals surface area contributed by atoms with E-state index in [1.165, 1.54) is 5.56 Å². The standard InChI is InChI=1S/C14H19N3O/c1-11(14-15-12(2)16-18-14)17(3)10-9-13-7-5-4-6-8-13/h4-8,11H,9-10H2,1-3H3. The summed E-state index contributed by atoms with van der Waals surface area (Å²) in [7, 11) is 2.08. The average molecular weight is 245 g/mol. The van der Waals surface area contributed by atoms with Crippen molar-refractivity contribution >= 4 is 0 Å². The van der Waals surface area contributed by atoms with Crippen LogP contribution in [0, 0.1) is 6.92 Å². The van der Waals surface area contributed by atoms with Gasteiger partial charge in [0.1, 0.15) is 0 Å². The number of benzene rings is 1. The van der Waals surface area contributed by atoms with E-state index in [0.717, 1.165) is 13.0 Å². The lowest BCUT2D eigenvalue weighted by Gasteiger charge is -2.21. The lowest BCUT2D eigenvalue weighted by Crippen LogP contribution is -2.25. The van der Waals surface area contributed by atoms with Crippen LogP contribution in [0.3, 0.4) is 0 Å². The third-order valence-corrected chi connectivity index (χ3v) is 3.16. The maximum Gasteiger partial charge on any atom is 0.243 e. The van der Waals surface area contributed by atoms with Crippen LogP contribution in [0.1, 0.15) is 30.2 Å². The first-order valence-corrected chi connectivity index (χ1v) is 6.21. The predicted molar refractivity (Wildman–Crippen MR) is 70.2 cm³/mol. The molecule has 0 saturated carbocycles. The summed E-state index contributed by atoms with van der Waals surface area (Å²) in [4.78, 5) is 6.49. The normalized spacial score (nSPS) is 12.9. The molecule has 0 N–H and O–H groups in total. The van der Waals surface area contributed by atoms with Gasteiger partial charge in [-0.15, -0.1) is 0 Å². The molecule has 2 aromatic rings. The van der Waals surface area contributed by atoms with Crippen LogP contribution in [0.15, 0.2) is 34.9 Å². The number of aryl methyl sites for hydroxylation is 1. The van der Waals surface area contributed by atoms with Crippen LogP contribution in [0.2, 0.25) is 0 Å². The minimum Gasteiger partial charge on any atom is -0.338 e. The van der Waals surface area contributed by atoms with E-state index in [-0.39, 0.29) is 6.04 Å². The van der Waals surface area contributed by atoms with E-state index in [1.807, 2.05) is 13.0 Å². The molecular formula is C14H19N3O. The molecule has 0 fully saturated rings. The van der Waals surface area contributed by atoms with Gasteiger partial charge in [-0.25, -0.2) is 0 Å². The van der Waals surface area contributed by atoms with Crippen molar-refractivity contribution in [3.63, 3.8) is 0 Å².